The van der Waals surface area contributed by atoms with E-state index < -0.39 is 0 Å². The van der Waals surface area contributed by atoms with Crippen LogP contribution in [0.1, 0.15) is 24.7 Å². The number of methoxy groups -OCH3 is 1. The second-order valence-electron chi connectivity index (χ2n) is 5.35. The van der Waals surface area contributed by atoms with Crippen molar-refractivity contribution in [3.05, 3.63) is 53.8 Å². The van der Waals surface area contributed by atoms with E-state index in [0.29, 0.717) is 17.9 Å². The number of fused-ring (bicyclic) bond motifs is 1. The molecule has 4 heteroatoms. The Morgan fingerprint density at radius 3 is 2.57 bits per heavy atom. The van der Waals surface area contributed by atoms with Gasteiger partial charge in [-0.1, -0.05) is 42.4 Å². The van der Waals surface area contributed by atoms with E-state index in [-0.39, 0.29) is 0 Å². The Hall–Kier alpha value is -2.75. The van der Waals surface area contributed by atoms with Crippen LogP contribution < -0.4 is 4.74 Å². The number of hydrogen-bond acceptors (Lipinski definition) is 4. The second kappa shape index (κ2) is 6.16. The second-order valence-corrected chi connectivity index (χ2v) is 5.35. The van der Waals surface area contributed by atoms with E-state index in [9.17, 15) is 5.21 Å². The van der Waals surface area contributed by atoms with Crippen molar-refractivity contribution in [1.82, 2.24) is 0 Å². The standard InChI is InChI=1S/C19H19NO3/c1-4-16(20-21)14-10-18-15(11-17(14)22-3)19(12(2)23-18)13-8-6-5-7-9-13/h5-11,21H,4H2,1-3H3/b20-16-. The molecule has 0 fully saturated rings. The lowest BCUT2D eigenvalue weighted by Crippen LogP contribution is -2.02. The van der Waals surface area contributed by atoms with E-state index in [1.807, 2.05) is 44.2 Å². The number of furan rings is 1. The molecule has 0 atom stereocenters. The summed E-state index contributed by atoms with van der Waals surface area (Å²) in [4.78, 5) is 0. The number of nitrogens with zero attached hydrogens (tertiary/aromatic N) is 1. The van der Waals surface area contributed by atoms with Gasteiger partial charge in [-0.15, -0.1) is 0 Å². The minimum Gasteiger partial charge on any atom is -0.496 e. The maximum absolute atomic E-state index is 9.21. The highest BCUT2D eigenvalue weighted by atomic mass is 16.5. The van der Waals surface area contributed by atoms with E-state index in [2.05, 4.69) is 17.3 Å². The van der Waals surface area contributed by atoms with Gasteiger partial charge in [-0.05, 0) is 31.0 Å². The van der Waals surface area contributed by atoms with Crippen LogP contribution in [0, 0.1) is 6.92 Å². The molecule has 3 aromatic rings. The molecule has 0 amide bonds. The van der Waals surface area contributed by atoms with Crippen LogP contribution in [-0.2, 0) is 0 Å². The minimum atomic E-state index is 0.569. The minimum absolute atomic E-state index is 0.569. The molecule has 0 saturated heterocycles. The summed E-state index contributed by atoms with van der Waals surface area (Å²) in [5.74, 6) is 1.52. The first-order valence-electron chi connectivity index (χ1n) is 7.57. The lowest BCUT2D eigenvalue weighted by molar-refractivity contribution is 0.318. The van der Waals surface area contributed by atoms with Gasteiger partial charge in [-0.3, -0.25) is 0 Å². The summed E-state index contributed by atoms with van der Waals surface area (Å²) in [6.07, 6.45) is 0.601. The van der Waals surface area contributed by atoms with Gasteiger partial charge in [0.1, 0.15) is 17.1 Å². The van der Waals surface area contributed by atoms with Gasteiger partial charge in [0.15, 0.2) is 0 Å². The Morgan fingerprint density at radius 2 is 1.96 bits per heavy atom. The zero-order valence-electron chi connectivity index (χ0n) is 13.5. The Morgan fingerprint density at radius 1 is 1.22 bits per heavy atom. The van der Waals surface area contributed by atoms with E-state index in [1.165, 1.54) is 0 Å². The highest BCUT2D eigenvalue weighted by Crippen LogP contribution is 2.38. The highest BCUT2D eigenvalue weighted by molar-refractivity contribution is 6.07. The molecule has 23 heavy (non-hydrogen) atoms. The van der Waals surface area contributed by atoms with Crippen molar-refractivity contribution in [3.63, 3.8) is 0 Å². The average Bonchev–Trinajstić information content (AvgIpc) is 2.90. The Kier molecular flexibility index (Phi) is 4.06. The molecule has 0 saturated carbocycles. The molecule has 0 unspecified atom stereocenters. The first-order chi connectivity index (χ1) is 11.2. The number of aryl methyl sites for hydroxylation is 1. The topological polar surface area (TPSA) is 55.0 Å². The van der Waals surface area contributed by atoms with Gasteiger partial charge in [-0.25, -0.2) is 0 Å². The van der Waals surface area contributed by atoms with Crippen LogP contribution in [0.2, 0.25) is 0 Å². The van der Waals surface area contributed by atoms with Crippen molar-refractivity contribution in [1.29, 1.82) is 0 Å². The average molecular weight is 309 g/mol. The van der Waals surface area contributed by atoms with Crippen LogP contribution in [0.3, 0.4) is 0 Å². The van der Waals surface area contributed by atoms with E-state index in [0.717, 1.165) is 33.4 Å². The van der Waals surface area contributed by atoms with Crippen molar-refractivity contribution in [2.75, 3.05) is 7.11 Å². The quantitative estimate of drug-likeness (QED) is 0.419. The number of rotatable bonds is 4. The zero-order chi connectivity index (χ0) is 16.4. The molecule has 4 nitrogen and oxygen atoms in total. The zero-order valence-corrected chi connectivity index (χ0v) is 13.5. The van der Waals surface area contributed by atoms with Gasteiger partial charge < -0.3 is 14.4 Å². The van der Waals surface area contributed by atoms with Gasteiger partial charge in [0, 0.05) is 16.5 Å². The maximum Gasteiger partial charge on any atom is 0.135 e. The monoisotopic (exact) mass is 309 g/mol. The van der Waals surface area contributed by atoms with Gasteiger partial charge in [-0.2, -0.15) is 0 Å². The molecule has 0 aliphatic heterocycles. The smallest absolute Gasteiger partial charge is 0.135 e. The molecule has 0 spiro atoms. The Balaban J connectivity index is 2.29. The summed E-state index contributed by atoms with van der Waals surface area (Å²) in [6.45, 7) is 3.89. The SMILES string of the molecule is CC/C(=N/O)c1cc2oc(C)c(-c3ccccc3)c2cc1OC. The number of ether oxygens (including phenoxy) is 1. The summed E-state index contributed by atoms with van der Waals surface area (Å²) in [5, 5.41) is 13.6. The molecular formula is C19H19NO3. The molecule has 3 rings (SSSR count). The summed E-state index contributed by atoms with van der Waals surface area (Å²) in [6, 6.07) is 14.0. The van der Waals surface area contributed by atoms with Crippen LogP contribution in [0.5, 0.6) is 5.75 Å². The molecule has 0 aliphatic rings. The van der Waals surface area contributed by atoms with E-state index in [1.54, 1.807) is 7.11 Å². The van der Waals surface area contributed by atoms with Crippen molar-refractivity contribution < 1.29 is 14.4 Å². The third kappa shape index (κ3) is 2.57. The van der Waals surface area contributed by atoms with Crippen molar-refractivity contribution >= 4 is 16.7 Å². The third-order valence-corrected chi connectivity index (χ3v) is 4.02. The van der Waals surface area contributed by atoms with Crippen LogP contribution >= 0.6 is 0 Å². The Bertz CT molecular complexity index is 863. The van der Waals surface area contributed by atoms with Gasteiger partial charge in [0.05, 0.1) is 12.8 Å². The molecule has 118 valence electrons. The van der Waals surface area contributed by atoms with Crippen LogP contribution in [0.15, 0.2) is 52.0 Å². The molecule has 0 bridgehead atoms. The molecular weight excluding hydrogens is 290 g/mol. The summed E-state index contributed by atoms with van der Waals surface area (Å²) in [7, 11) is 1.62. The number of oxime groups is 1. The lowest BCUT2D eigenvalue weighted by atomic mass is 9.99. The maximum atomic E-state index is 9.21. The van der Waals surface area contributed by atoms with Crippen LogP contribution in [-0.4, -0.2) is 18.0 Å². The molecule has 1 N–H and O–H groups in total. The van der Waals surface area contributed by atoms with Gasteiger partial charge >= 0.3 is 0 Å². The molecule has 0 radical (unpaired) electrons. The molecule has 1 aromatic heterocycles. The first-order valence-corrected chi connectivity index (χ1v) is 7.57. The first kappa shape index (κ1) is 15.2. The lowest BCUT2D eigenvalue weighted by Gasteiger charge is -2.09. The number of hydrogen-bond donors (Lipinski definition) is 1. The highest BCUT2D eigenvalue weighted by Gasteiger charge is 2.18. The van der Waals surface area contributed by atoms with Crippen LogP contribution in [0.25, 0.3) is 22.1 Å². The summed E-state index contributed by atoms with van der Waals surface area (Å²) < 4.78 is 11.4. The summed E-state index contributed by atoms with van der Waals surface area (Å²) in [5.41, 5.74) is 4.23. The van der Waals surface area contributed by atoms with Crippen molar-refractivity contribution in [3.8, 4) is 16.9 Å². The van der Waals surface area contributed by atoms with Crippen molar-refractivity contribution in [2.24, 2.45) is 5.16 Å². The normalized spacial score (nSPS) is 11.9. The van der Waals surface area contributed by atoms with Gasteiger partial charge in [0.25, 0.3) is 0 Å². The summed E-state index contributed by atoms with van der Waals surface area (Å²) >= 11 is 0. The molecule has 1 heterocycles. The number of benzene rings is 2. The van der Waals surface area contributed by atoms with Crippen molar-refractivity contribution in [2.45, 2.75) is 20.3 Å². The van der Waals surface area contributed by atoms with E-state index in [4.69, 9.17) is 9.15 Å². The Labute approximate surface area is 135 Å². The fourth-order valence-corrected chi connectivity index (χ4v) is 2.92. The van der Waals surface area contributed by atoms with Crippen LogP contribution in [0.4, 0.5) is 0 Å². The van der Waals surface area contributed by atoms with Gasteiger partial charge in [0.2, 0.25) is 0 Å². The third-order valence-electron chi connectivity index (χ3n) is 4.02. The predicted octanol–water partition coefficient (Wildman–Crippen LogP) is 5.01. The fraction of sp³-hybridized carbons (Fsp3) is 0.211. The van der Waals surface area contributed by atoms with E-state index >= 15 is 0 Å². The molecule has 0 aliphatic carbocycles. The fourth-order valence-electron chi connectivity index (χ4n) is 2.92. The largest absolute Gasteiger partial charge is 0.496 e. The molecule has 2 aromatic carbocycles. The predicted molar refractivity (Wildman–Crippen MR) is 91.6 cm³/mol.